The average molecular weight is 257 g/mol. The summed E-state index contributed by atoms with van der Waals surface area (Å²) in [5.74, 6) is 0.837. The second-order valence-electron chi connectivity index (χ2n) is 4.11. The minimum atomic E-state index is 0.392. The highest BCUT2D eigenvalue weighted by atomic mass is 32.1. The van der Waals surface area contributed by atoms with Gasteiger partial charge in [-0.25, -0.2) is 4.98 Å². The van der Waals surface area contributed by atoms with Crippen molar-refractivity contribution < 1.29 is 0 Å². The Hall–Kier alpha value is -1.94. The summed E-state index contributed by atoms with van der Waals surface area (Å²) in [7, 11) is 1.97. The minimum absolute atomic E-state index is 0.392. The number of aromatic nitrogens is 1. The van der Waals surface area contributed by atoms with Gasteiger partial charge in [-0.2, -0.15) is 0 Å². The second kappa shape index (κ2) is 5.14. The maximum absolute atomic E-state index is 5.68. The lowest BCUT2D eigenvalue weighted by Crippen LogP contribution is -2.15. The fourth-order valence-electron chi connectivity index (χ4n) is 1.75. The zero-order valence-electron chi connectivity index (χ0n) is 10.4. The molecule has 92 valence electrons. The molecule has 0 saturated carbocycles. The highest BCUT2D eigenvalue weighted by Crippen LogP contribution is 2.22. The third-order valence-electron chi connectivity index (χ3n) is 2.71. The lowest BCUT2D eigenvalue weighted by atomic mass is 10.2. The largest absolute Gasteiger partial charge is 0.389 e. The molecule has 0 saturated heterocycles. The van der Waals surface area contributed by atoms with Crippen molar-refractivity contribution in [2.24, 2.45) is 5.73 Å². The van der Waals surface area contributed by atoms with Crippen LogP contribution in [-0.4, -0.2) is 17.0 Å². The van der Waals surface area contributed by atoms with E-state index < -0.39 is 0 Å². The first-order chi connectivity index (χ1) is 8.58. The van der Waals surface area contributed by atoms with Crippen molar-refractivity contribution in [2.75, 3.05) is 11.9 Å². The third kappa shape index (κ3) is 2.65. The number of pyridine rings is 1. The highest BCUT2D eigenvalue weighted by molar-refractivity contribution is 7.80. The van der Waals surface area contributed by atoms with Crippen molar-refractivity contribution in [3.05, 3.63) is 53.7 Å². The van der Waals surface area contributed by atoms with Crippen LogP contribution in [0.3, 0.4) is 0 Å². The molecule has 0 aliphatic rings. The smallest absolute Gasteiger partial charge is 0.133 e. The van der Waals surface area contributed by atoms with E-state index in [1.165, 1.54) is 0 Å². The van der Waals surface area contributed by atoms with Crippen LogP contribution in [0.5, 0.6) is 0 Å². The number of hydrogen-bond acceptors (Lipinski definition) is 3. The number of para-hydroxylation sites is 1. The van der Waals surface area contributed by atoms with E-state index in [9.17, 15) is 0 Å². The first kappa shape index (κ1) is 12.5. The summed E-state index contributed by atoms with van der Waals surface area (Å²) in [4.78, 5) is 6.90. The Balaban J connectivity index is 2.42. The average Bonchev–Trinajstić information content (AvgIpc) is 2.38. The van der Waals surface area contributed by atoms with Crippen molar-refractivity contribution in [1.82, 2.24) is 4.98 Å². The lowest BCUT2D eigenvalue weighted by molar-refractivity contribution is 1.09. The molecule has 2 rings (SSSR count). The maximum Gasteiger partial charge on any atom is 0.133 e. The number of nitrogens with two attached hydrogens (primary N) is 1. The predicted molar refractivity (Wildman–Crippen MR) is 79.4 cm³/mol. The Bertz CT molecular complexity index is 567. The molecule has 1 heterocycles. The van der Waals surface area contributed by atoms with Gasteiger partial charge in [-0.05, 0) is 31.2 Å². The molecule has 4 heteroatoms. The summed E-state index contributed by atoms with van der Waals surface area (Å²) in [5.41, 5.74) is 8.49. The van der Waals surface area contributed by atoms with Gasteiger partial charge in [-0.1, -0.05) is 30.4 Å². The van der Waals surface area contributed by atoms with E-state index in [4.69, 9.17) is 18.0 Å². The van der Waals surface area contributed by atoms with E-state index in [0.29, 0.717) is 4.99 Å². The zero-order valence-corrected chi connectivity index (χ0v) is 11.2. The molecule has 2 N–H and O–H groups in total. The van der Waals surface area contributed by atoms with Crippen molar-refractivity contribution in [2.45, 2.75) is 6.92 Å². The van der Waals surface area contributed by atoms with E-state index in [1.54, 1.807) is 0 Å². The molecule has 18 heavy (non-hydrogen) atoms. The number of anilines is 2. The van der Waals surface area contributed by atoms with Crippen LogP contribution in [0.1, 0.15) is 11.3 Å². The predicted octanol–water partition coefficient (Wildman–Crippen LogP) is 2.79. The van der Waals surface area contributed by atoms with Crippen LogP contribution in [0, 0.1) is 6.92 Å². The monoisotopic (exact) mass is 257 g/mol. The molecule has 0 aliphatic heterocycles. The number of aryl methyl sites for hydroxylation is 1. The fourth-order valence-corrected chi connectivity index (χ4v) is 1.87. The molecule has 0 atom stereocenters. The van der Waals surface area contributed by atoms with Crippen LogP contribution < -0.4 is 10.6 Å². The summed E-state index contributed by atoms with van der Waals surface area (Å²) in [6.45, 7) is 1.93. The van der Waals surface area contributed by atoms with Crippen LogP contribution in [0.15, 0.2) is 42.5 Å². The maximum atomic E-state index is 5.68. The van der Waals surface area contributed by atoms with Gasteiger partial charge in [0.05, 0.1) is 0 Å². The van der Waals surface area contributed by atoms with Gasteiger partial charge >= 0.3 is 0 Å². The Kier molecular flexibility index (Phi) is 3.58. The molecule has 0 fully saturated rings. The summed E-state index contributed by atoms with van der Waals surface area (Å²) < 4.78 is 0. The van der Waals surface area contributed by atoms with Gasteiger partial charge in [-0.15, -0.1) is 0 Å². The van der Waals surface area contributed by atoms with Gasteiger partial charge in [0.2, 0.25) is 0 Å². The number of nitrogens with zero attached hydrogens (tertiary/aromatic N) is 2. The van der Waals surface area contributed by atoms with Gasteiger partial charge in [0.15, 0.2) is 0 Å². The summed E-state index contributed by atoms with van der Waals surface area (Å²) >= 11 is 5.02. The zero-order chi connectivity index (χ0) is 13.1. The van der Waals surface area contributed by atoms with E-state index in [2.05, 4.69) is 4.98 Å². The third-order valence-corrected chi connectivity index (χ3v) is 2.95. The van der Waals surface area contributed by atoms with Gasteiger partial charge in [-0.3, -0.25) is 0 Å². The Morgan fingerprint density at radius 3 is 2.50 bits per heavy atom. The lowest BCUT2D eigenvalue weighted by Gasteiger charge is -2.19. The molecule has 0 spiro atoms. The molecule has 3 nitrogen and oxygen atoms in total. The first-order valence-corrected chi connectivity index (χ1v) is 6.06. The van der Waals surface area contributed by atoms with Crippen LogP contribution in [0.4, 0.5) is 11.5 Å². The van der Waals surface area contributed by atoms with E-state index >= 15 is 0 Å². The van der Waals surface area contributed by atoms with Gasteiger partial charge in [0, 0.05) is 24.0 Å². The van der Waals surface area contributed by atoms with Crippen LogP contribution >= 0.6 is 12.2 Å². The Labute approximate surface area is 112 Å². The number of thiocarbonyl (C=S) groups is 1. The van der Waals surface area contributed by atoms with E-state index in [0.717, 1.165) is 22.8 Å². The number of rotatable bonds is 3. The summed E-state index contributed by atoms with van der Waals surface area (Å²) in [6.07, 6.45) is 0. The van der Waals surface area contributed by atoms with Crippen molar-refractivity contribution >= 4 is 28.7 Å². The van der Waals surface area contributed by atoms with E-state index in [-0.39, 0.29) is 0 Å². The molecule has 1 aromatic carbocycles. The highest BCUT2D eigenvalue weighted by Gasteiger charge is 2.08. The molecule has 1 aromatic heterocycles. The van der Waals surface area contributed by atoms with E-state index in [1.807, 2.05) is 61.3 Å². The molecule has 0 aliphatic carbocycles. The first-order valence-electron chi connectivity index (χ1n) is 5.65. The molecule has 0 amide bonds. The van der Waals surface area contributed by atoms with Crippen LogP contribution in [0.2, 0.25) is 0 Å². The Morgan fingerprint density at radius 2 is 1.89 bits per heavy atom. The summed E-state index contributed by atoms with van der Waals surface area (Å²) in [5, 5.41) is 0. The Morgan fingerprint density at radius 1 is 1.22 bits per heavy atom. The van der Waals surface area contributed by atoms with Crippen molar-refractivity contribution in [3.63, 3.8) is 0 Å². The molecular formula is C14H15N3S. The van der Waals surface area contributed by atoms with Crippen LogP contribution in [0.25, 0.3) is 0 Å². The molecule has 0 unspecified atom stereocenters. The van der Waals surface area contributed by atoms with Gasteiger partial charge in [0.25, 0.3) is 0 Å². The molecular weight excluding hydrogens is 242 g/mol. The standard InChI is InChI=1S/C14H15N3S/c1-10-8-11(14(15)18)9-13(16-10)17(2)12-6-4-3-5-7-12/h3-9H,1-2H3,(H2,15,18). The number of benzene rings is 1. The topological polar surface area (TPSA) is 42.1 Å². The van der Waals surface area contributed by atoms with Gasteiger partial charge < -0.3 is 10.6 Å². The van der Waals surface area contributed by atoms with Crippen molar-refractivity contribution in [1.29, 1.82) is 0 Å². The molecule has 2 aromatic rings. The minimum Gasteiger partial charge on any atom is -0.389 e. The SMILES string of the molecule is Cc1cc(C(N)=S)cc(N(C)c2ccccc2)n1. The van der Waals surface area contributed by atoms with Gasteiger partial charge in [0.1, 0.15) is 10.8 Å². The normalized spacial score (nSPS) is 10.1. The quantitative estimate of drug-likeness (QED) is 0.859. The van der Waals surface area contributed by atoms with Crippen LogP contribution in [-0.2, 0) is 0 Å². The number of hydrogen-bond donors (Lipinski definition) is 1. The molecule has 0 radical (unpaired) electrons. The van der Waals surface area contributed by atoms with Crippen molar-refractivity contribution in [3.8, 4) is 0 Å². The fraction of sp³-hybridized carbons (Fsp3) is 0.143. The second-order valence-corrected chi connectivity index (χ2v) is 4.55. The summed E-state index contributed by atoms with van der Waals surface area (Å²) in [6, 6.07) is 13.8. The molecule has 0 bridgehead atoms.